The van der Waals surface area contributed by atoms with Crippen LogP contribution in [0.2, 0.25) is 0 Å². The molecule has 6 heteroatoms. The molecule has 2 heterocycles. The summed E-state index contributed by atoms with van der Waals surface area (Å²) in [5, 5.41) is 18.5. The van der Waals surface area contributed by atoms with Gasteiger partial charge in [0, 0.05) is 0 Å². The van der Waals surface area contributed by atoms with Gasteiger partial charge in [0.05, 0.1) is 18.0 Å². The van der Waals surface area contributed by atoms with Crippen molar-refractivity contribution in [1.82, 2.24) is 15.2 Å². The molecule has 6 nitrogen and oxygen atoms in total. The molecule has 2 N–H and O–H groups in total. The lowest BCUT2D eigenvalue weighted by molar-refractivity contribution is 0.102. The molecule has 0 bridgehead atoms. The zero-order valence-electron chi connectivity index (χ0n) is 9.87. The Bertz CT molecular complexity index is 632. The van der Waals surface area contributed by atoms with E-state index in [9.17, 15) is 4.79 Å². The zero-order valence-corrected chi connectivity index (χ0v) is 9.87. The topological polar surface area (TPSA) is 88.0 Å². The number of rotatable bonds is 2. The van der Waals surface area contributed by atoms with Crippen molar-refractivity contribution in [3.8, 4) is 11.8 Å². The summed E-state index contributed by atoms with van der Waals surface area (Å²) in [7, 11) is 0. The van der Waals surface area contributed by atoms with E-state index in [1.165, 1.54) is 12.4 Å². The van der Waals surface area contributed by atoms with Gasteiger partial charge in [-0.3, -0.25) is 4.79 Å². The average Bonchev–Trinajstić information content (AvgIpc) is 2.46. The quantitative estimate of drug-likeness (QED) is 0.760. The first-order valence-corrected chi connectivity index (χ1v) is 5.44. The van der Waals surface area contributed by atoms with E-state index in [1.807, 2.05) is 0 Å². The fourth-order valence-corrected chi connectivity index (χ4v) is 1.32. The Hall–Kier alpha value is -2.78. The minimum absolute atomic E-state index is 0.235. The molecule has 0 aliphatic heterocycles. The van der Waals surface area contributed by atoms with E-state index in [2.05, 4.69) is 32.3 Å². The fourth-order valence-electron chi connectivity index (χ4n) is 1.32. The molecule has 2 aromatic rings. The minimum Gasteiger partial charge on any atom is -0.384 e. The molecule has 2 aromatic heterocycles. The summed E-state index contributed by atoms with van der Waals surface area (Å²) in [5.41, 5.74) is 0.864. The Morgan fingerprint density at radius 2 is 2.21 bits per heavy atom. The van der Waals surface area contributed by atoms with Crippen molar-refractivity contribution in [2.24, 2.45) is 0 Å². The molecule has 0 aliphatic carbocycles. The van der Waals surface area contributed by atoms with E-state index in [-0.39, 0.29) is 12.5 Å². The molecule has 1 amide bonds. The number of aliphatic hydroxyl groups is 1. The van der Waals surface area contributed by atoms with Crippen LogP contribution in [0.4, 0.5) is 5.82 Å². The second-order valence-electron chi connectivity index (χ2n) is 3.45. The van der Waals surface area contributed by atoms with Crippen molar-refractivity contribution in [3.63, 3.8) is 0 Å². The van der Waals surface area contributed by atoms with Crippen LogP contribution in [-0.2, 0) is 0 Å². The molecular formula is C13H10N4O2. The third kappa shape index (κ3) is 3.59. The monoisotopic (exact) mass is 254 g/mol. The van der Waals surface area contributed by atoms with Crippen LogP contribution in [0.1, 0.15) is 16.1 Å². The van der Waals surface area contributed by atoms with Crippen molar-refractivity contribution in [1.29, 1.82) is 0 Å². The van der Waals surface area contributed by atoms with Crippen LogP contribution < -0.4 is 5.32 Å². The molecule has 2 rings (SSSR count). The number of nitrogens with zero attached hydrogens (tertiary/aromatic N) is 3. The Morgan fingerprint density at radius 3 is 2.95 bits per heavy atom. The van der Waals surface area contributed by atoms with Crippen molar-refractivity contribution >= 4 is 11.7 Å². The summed E-state index contributed by atoms with van der Waals surface area (Å²) in [6.45, 7) is -0.235. The molecule has 0 unspecified atom stereocenters. The van der Waals surface area contributed by atoms with Crippen molar-refractivity contribution in [2.75, 3.05) is 11.9 Å². The number of amides is 1. The number of aromatic nitrogens is 3. The minimum atomic E-state index is -0.324. The predicted molar refractivity (Wildman–Crippen MR) is 68.2 cm³/mol. The van der Waals surface area contributed by atoms with Crippen LogP contribution in [0.25, 0.3) is 0 Å². The highest BCUT2D eigenvalue weighted by Gasteiger charge is 2.06. The molecule has 0 spiro atoms. The van der Waals surface area contributed by atoms with Gasteiger partial charge in [-0.1, -0.05) is 12.0 Å². The molecule has 0 saturated carbocycles. The van der Waals surface area contributed by atoms with Gasteiger partial charge in [0.15, 0.2) is 0 Å². The van der Waals surface area contributed by atoms with E-state index in [4.69, 9.17) is 5.11 Å². The lowest BCUT2D eigenvalue weighted by Crippen LogP contribution is -2.13. The third-order valence-corrected chi connectivity index (χ3v) is 2.13. The number of hydrogen-bond acceptors (Lipinski definition) is 5. The molecule has 19 heavy (non-hydrogen) atoms. The summed E-state index contributed by atoms with van der Waals surface area (Å²) in [5.74, 6) is 5.21. The molecule has 0 atom stereocenters. The van der Waals surface area contributed by atoms with Gasteiger partial charge in [-0.15, -0.1) is 0 Å². The Balaban J connectivity index is 2.13. The Kier molecular flexibility index (Phi) is 4.16. The summed E-state index contributed by atoms with van der Waals surface area (Å²) in [6.07, 6.45) is 2.80. The Labute approximate surface area is 109 Å². The molecule has 0 radical (unpaired) electrons. The molecule has 0 saturated heterocycles. The zero-order chi connectivity index (χ0) is 13.5. The van der Waals surface area contributed by atoms with Crippen LogP contribution in [-0.4, -0.2) is 32.8 Å². The van der Waals surface area contributed by atoms with Gasteiger partial charge in [0.2, 0.25) is 0 Å². The van der Waals surface area contributed by atoms with E-state index in [0.717, 1.165) is 0 Å². The number of carbonyl (C=O) groups is 1. The van der Waals surface area contributed by atoms with Crippen molar-refractivity contribution < 1.29 is 9.90 Å². The van der Waals surface area contributed by atoms with Crippen molar-refractivity contribution in [3.05, 3.63) is 47.9 Å². The van der Waals surface area contributed by atoms with E-state index < -0.39 is 0 Å². The van der Waals surface area contributed by atoms with Crippen LogP contribution in [0.15, 0.2) is 36.7 Å². The molecule has 94 valence electrons. The number of hydrogen-bond donors (Lipinski definition) is 2. The van der Waals surface area contributed by atoms with Gasteiger partial charge in [-0.25, -0.2) is 4.98 Å². The van der Waals surface area contributed by atoms with Crippen molar-refractivity contribution in [2.45, 2.75) is 0 Å². The molecule has 0 aromatic carbocycles. The number of carbonyl (C=O) groups excluding carboxylic acids is 1. The number of pyridine rings is 1. The second-order valence-corrected chi connectivity index (χ2v) is 3.45. The first-order valence-electron chi connectivity index (χ1n) is 5.44. The maximum atomic E-state index is 11.8. The predicted octanol–water partition coefficient (Wildman–Crippen LogP) is 0.468. The number of aliphatic hydroxyl groups excluding tert-OH is 1. The van der Waals surface area contributed by atoms with Gasteiger partial charge in [0.1, 0.15) is 18.1 Å². The normalized spacial score (nSPS) is 9.32. The summed E-state index contributed by atoms with van der Waals surface area (Å²) in [4.78, 5) is 16.0. The SMILES string of the molecule is O=C(Nc1cccc(C#CCO)n1)c1ccnnc1. The van der Waals surface area contributed by atoms with Gasteiger partial charge in [0.25, 0.3) is 5.91 Å². The average molecular weight is 254 g/mol. The van der Waals surface area contributed by atoms with Gasteiger partial charge in [-0.2, -0.15) is 10.2 Å². The molecular weight excluding hydrogens is 244 g/mol. The highest BCUT2D eigenvalue weighted by molar-refractivity contribution is 6.03. The van der Waals surface area contributed by atoms with Crippen LogP contribution in [0.3, 0.4) is 0 Å². The maximum absolute atomic E-state index is 11.8. The van der Waals surface area contributed by atoms with E-state index in [0.29, 0.717) is 17.1 Å². The first kappa shape index (κ1) is 12.7. The van der Waals surface area contributed by atoms with Crippen LogP contribution >= 0.6 is 0 Å². The van der Waals surface area contributed by atoms with Crippen LogP contribution in [0.5, 0.6) is 0 Å². The summed E-state index contributed by atoms with van der Waals surface area (Å²) < 4.78 is 0. The molecule has 0 fully saturated rings. The second kappa shape index (κ2) is 6.23. The standard InChI is InChI=1S/C13H10N4O2/c18-8-2-4-11-3-1-5-12(16-11)17-13(19)10-6-7-14-15-9-10/h1,3,5-7,9,18H,8H2,(H,16,17,19). The third-order valence-electron chi connectivity index (χ3n) is 2.13. The lowest BCUT2D eigenvalue weighted by atomic mass is 10.3. The number of nitrogens with one attached hydrogen (secondary N) is 1. The Morgan fingerprint density at radius 1 is 1.32 bits per heavy atom. The van der Waals surface area contributed by atoms with E-state index >= 15 is 0 Å². The largest absolute Gasteiger partial charge is 0.384 e. The van der Waals surface area contributed by atoms with Gasteiger partial charge < -0.3 is 10.4 Å². The fraction of sp³-hybridized carbons (Fsp3) is 0.0769. The van der Waals surface area contributed by atoms with E-state index in [1.54, 1.807) is 24.3 Å². The first-order chi connectivity index (χ1) is 9.29. The maximum Gasteiger partial charge on any atom is 0.258 e. The summed E-state index contributed by atoms with van der Waals surface area (Å²) in [6, 6.07) is 6.61. The van der Waals surface area contributed by atoms with Crippen LogP contribution in [0, 0.1) is 11.8 Å². The highest BCUT2D eigenvalue weighted by Crippen LogP contribution is 2.06. The number of anilines is 1. The highest BCUT2D eigenvalue weighted by atomic mass is 16.2. The van der Waals surface area contributed by atoms with Gasteiger partial charge in [-0.05, 0) is 24.1 Å². The smallest absolute Gasteiger partial charge is 0.258 e. The van der Waals surface area contributed by atoms with Gasteiger partial charge >= 0.3 is 0 Å². The molecule has 0 aliphatic rings. The summed E-state index contributed by atoms with van der Waals surface area (Å²) >= 11 is 0. The lowest BCUT2D eigenvalue weighted by Gasteiger charge is -2.03.